The van der Waals surface area contributed by atoms with Crippen LogP contribution in [0.1, 0.15) is 11.4 Å². The molecule has 0 aromatic carbocycles. The second kappa shape index (κ2) is 10.6. The normalized spacial score (nSPS) is 10.4. The zero-order valence-corrected chi connectivity index (χ0v) is 14.7. The van der Waals surface area contributed by atoms with Crippen molar-refractivity contribution in [1.29, 1.82) is 0 Å². The molecule has 3 N–H and O–H groups in total. The van der Waals surface area contributed by atoms with Gasteiger partial charge in [0.1, 0.15) is 6.54 Å². The van der Waals surface area contributed by atoms with Gasteiger partial charge >= 0.3 is 5.97 Å². The fourth-order valence-corrected chi connectivity index (χ4v) is 2.28. The maximum atomic E-state index is 12.2. The molecule has 2 rings (SSSR count). The first-order valence-electron chi connectivity index (χ1n) is 8.30. The summed E-state index contributed by atoms with van der Waals surface area (Å²) in [6.45, 7) is 0.152. The third kappa shape index (κ3) is 8.06. The molecular weight excluding hydrogens is 350 g/mol. The average molecular weight is 371 g/mol. The van der Waals surface area contributed by atoms with E-state index in [0.29, 0.717) is 13.1 Å². The van der Waals surface area contributed by atoms with Crippen LogP contribution in [0.15, 0.2) is 48.8 Å². The van der Waals surface area contributed by atoms with Crippen LogP contribution in [0, 0.1) is 0 Å². The highest BCUT2D eigenvalue weighted by atomic mass is 16.4. The summed E-state index contributed by atoms with van der Waals surface area (Å²) in [6.07, 6.45) is 3.36. The molecule has 0 radical (unpaired) electrons. The van der Waals surface area contributed by atoms with E-state index in [4.69, 9.17) is 5.11 Å². The molecule has 2 amide bonds. The Balaban J connectivity index is 1.91. The van der Waals surface area contributed by atoms with Crippen LogP contribution in [0.5, 0.6) is 0 Å². The van der Waals surface area contributed by atoms with Gasteiger partial charge in [-0.1, -0.05) is 12.1 Å². The number of aromatic nitrogens is 2. The lowest BCUT2D eigenvalue weighted by molar-refractivity contribution is -0.137. The van der Waals surface area contributed by atoms with E-state index in [9.17, 15) is 14.4 Å². The van der Waals surface area contributed by atoms with Crippen molar-refractivity contribution < 1.29 is 19.5 Å². The van der Waals surface area contributed by atoms with Crippen LogP contribution in [0.25, 0.3) is 0 Å². The number of pyridine rings is 2. The monoisotopic (exact) mass is 371 g/mol. The van der Waals surface area contributed by atoms with Gasteiger partial charge in [0.15, 0.2) is 0 Å². The molecule has 27 heavy (non-hydrogen) atoms. The Morgan fingerprint density at radius 3 is 1.89 bits per heavy atom. The van der Waals surface area contributed by atoms with Crippen molar-refractivity contribution in [2.75, 3.05) is 19.6 Å². The zero-order chi connectivity index (χ0) is 19.5. The topological polar surface area (TPSA) is 125 Å². The fraction of sp³-hybridized carbons (Fsp3) is 0.278. The summed E-state index contributed by atoms with van der Waals surface area (Å²) in [7, 11) is 0. The third-order valence-corrected chi connectivity index (χ3v) is 3.47. The Bertz CT molecular complexity index is 713. The Morgan fingerprint density at radius 1 is 0.852 bits per heavy atom. The summed E-state index contributed by atoms with van der Waals surface area (Å²) in [4.78, 5) is 44.5. The highest BCUT2D eigenvalue weighted by Gasteiger charge is 2.14. The summed E-state index contributed by atoms with van der Waals surface area (Å²) in [6, 6.07) is 11.1. The summed E-state index contributed by atoms with van der Waals surface area (Å²) in [5.74, 6) is -2.06. The van der Waals surface area contributed by atoms with Gasteiger partial charge in [-0.15, -0.1) is 0 Å². The molecule has 0 aliphatic heterocycles. The van der Waals surface area contributed by atoms with Crippen molar-refractivity contribution in [2.24, 2.45) is 0 Å². The molecule has 0 spiro atoms. The number of carbonyl (C=O) groups is 3. The van der Waals surface area contributed by atoms with Gasteiger partial charge in [-0.2, -0.15) is 0 Å². The van der Waals surface area contributed by atoms with Crippen LogP contribution >= 0.6 is 0 Å². The molecule has 0 aliphatic rings. The molecule has 0 saturated carbocycles. The lowest BCUT2D eigenvalue weighted by atomic mass is 10.3. The Kier molecular flexibility index (Phi) is 7.86. The highest BCUT2D eigenvalue weighted by Crippen LogP contribution is 2.06. The molecule has 0 unspecified atom stereocenters. The van der Waals surface area contributed by atoms with Crippen LogP contribution in [0.2, 0.25) is 0 Å². The van der Waals surface area contributed by atoms with Crippen LogP contribution in [-0.2, 0) is 27.5 Å². The molecule has 0 aliphatic carbocycles. The van der Waals surface area contributed by atoms with Crippen molar-refractivity contribution in [2.45, 2.75) is 13.1 Å². The standard InChI is InChI=1S/C18H21N5O4/c24-16(22-10-18(26)27)9-21-17(25)13-23(11-14-5-1-3-7-19-14)12-15-6-2-4-8-20-15/h1-8H,9-13H2,(H,21,25)(H,22,24)(H,26,27). The van der Waals surface area contributed by atoms with Gasteiger partial charge in [0.2, 0.25) is 11.8 Å². The van der Waals surface area contributed by atoms with Gasteiger partial charge < -0.3 is 15.7 Å². The van der Waals surface area contributed by atoms with Crippen molar-refractivity contribution in [3.05, 3.63) is 60.2 Å². The van der Waals surface area contributed by atoms with Crippen LogP contribution < -0.4 is 10.6 Å². The zero-order valence-electron chi connectivity index (χ0n) is 14.7. The molecule has 9 nitrogen and oxygen atoms in total. The molecule has 0 atom stereocenters. The van der Waals surface area contributed by atoms with E-state index in [1.165, 1.54) is 0 Å². The van der Waals surface area contributed by atoms with E-state index in [2.05, 4.69) is 20.6 Å². The molecule has 0 saturated heterocycles. The van der Waals surface area contributed by atoms with Crippen molar-refractivity contribution >= 4 is 17.8 Å². The number of hydrogen-bond acceptors (Lipinski definition) is 6. The first kappa shape index (κ1) is 20.0. The third-order valence-electron chi connectivity index (χ3n) is 3.47. The number of carbonyl (C=O) groups excluding carboxylic acids is 2. The van der Waals surface area contributed by atoms with Crippen LogP contribution in [0.3, 0.4) is 0 Å². The Hall–Kier alpha value is -3.33. The largest absolute Gasteiger partial charge is 0.480 e. The van der Waals surface area contributed by atoms with E-state index in [1.807, 2.05) is 41.3 Å². The predicted molar refractivity (Wildman–Crippen MR) is 96.2 cm³/mol. The summed E-state index contributed by atoms with van der Waals surface area (Å²) in [5.41, 5.74) is 1.61. The SMILES string of the molecule is O=C(O)CNC(=O)CNC(=O)CN(Cc1ccccn1)Cc1ccccn1. The van der Waals surface area contributed by atoms with Crippen LogP contribution in [-0.4, -0.2) is 57.4 Å². The Morgan fingerprint density at radius 2 is 1.41 bits per heavy atom. The molecule has 9 heteroatoms. The number of carboxylic acid groups (broad SMARTS) is 1. The van der Waals surface area contributed by atoms with E-state index < -0.39 is 18.4 Å². The van der Waals surface area contributed by atoms with E-state index in [-0.39, 0.29) is 19.0 Å². The Labute approximate surface area is 156 Å². The minimum atomic E-state index is -1.15. The quantitative estimate of drug-likeness (QED) is 0.528. The van der Waals surface area contributed by atoms with Gasteiger partial charge in [0, 0.05) is 25.5 Å². The predicted octanol–water partition coefficient (Wildman–Crippen LogP) is -0.204. The van der Waals surface area contributed by atoms with Crippen molar-refractivity contribution in [1.82, 2.24) is 25.5 Å². The first-order chi connectivity index (χ1) is 13.0. The van der Waals surface area contributed by atoms with Gasteiger partial charge in [-0.05, 0) is 24.3 Å². The van der Waals surface area contributed by atoms with E-state index >= 15 is 0 Å². The summed E-state index contributed by atoms with van der Waals surface area (Å²) < 4.78 is 0. The summed E-state index contributed by atoms with van der Waals surface area (Å²) >= 11 is 0. The van der Waals surface area contributed by atoms with Crippen molar-refractivity contribution in [3.8, 4) is 0 Å². The van der Waals surface area contributed by atoms with Crippen molar-refractivity contribution in [3.63, 3.8) is 0 Å². The molecule has 142 valence electrons. The van der Waals surface area contributed by atoms with Gasteiger partial charge in [0.05, 0.1) is 24.5 Å². The second-order valence-electron chi connectivity index (χ2n) is 5.73. The number of hydrogen-bond donors (Lipinski definition) is 3. The number of nitrogens with zero attached hydrogens (tertiary/aromatic N) is 3. The van der Waals surface area contributed by atoms with Gasteiger partial charge in [-0.3, -0.25) is 29.3 Å². The molecular formula is C18H21N5O4. The maximum absolute atomic E-state index is 12.2. The number of nitrogens with one attached hydrogen (secondary N) is 2. The smallest absolute Gasteiger partial charge is 0.322 e. The number of carboxylic acids is 1. The van der Waals surface area contributed by atoms with Gasteiger partial charge in [0.25, 0.3) is 0 Å². The minimum Gasteiger partial charge on any atom is -0.480 e. The lowest BCUT2D eigenvalue weighted by Crippen LogP contribution is -2.42. The van der Waals surface area contributed by atoms with Gasteiger partial charge in [-0.25, -0.2) is 0 Å². The molecule has 0 fully saturated rings. The molecule has 2 aromatic heterocycles. The lowest BCUT2D eigenvalue weighted by Gasteiger charge is -2.21. The summed E-state index contributed by atoms with van der Waals surface area (Å²) in [5, 5.41) is 13.2. The second-order valence-corrected chi connectivity index (χ2v) is 5.73. The van der Waals surface area contributed by atoms with Crippen LogP contribution in [0.4, 0.5) is 0 Å². The number of amides is 2. The maximum Gasteiger partial charge on any atom is 0.322 e. The first-order valence-corrected chi connectivity index (χ1v) is 8.30. The molecule has 0 bridgehead atoms. The molecule has 2 aromatic rings. The average Bonchev–Trinajstić information content (AvgIpc) is 2.66. The number of aliphatic carboxylic acids is 1. The van der Waals surface area contributed by atoms with E-state index in [1.54, 1.807) is 12.4 Å². The highest BCUT2D eigenvalue weighted by molar-refractivity contribution is 5.87. The van der Waals surface area contributed by atoms with E-state index in [0.717, 1.165) is 11.4 Å². The molecule has 2 heterocycles. The minimum absolute atomic E-state index is 0.0410. The fourth-order valence-electron chi connectivity index (χ4n) is 2.28. The number of rotatable bonds is 10.